The first kappa shape index (κ1) is 35.7. The van der Waals surface area contributed by atoms with E-state index in [0.717, 1.165) is 12.1 Å². The molecule has 0 N–H and O–H groups in total. The highest BCUT2D eigenvalue weighted by Crippen LogP contribution is 2.41. The Morgan fingerprint density at radius 1 is 0.349 bits per heavy atom. The minimum Gasteiger partial charge on any atom is -0.316 e. The smallest absolute Gasteiger partial charge is 0.0492 e. The molecule has 1 nitrogen and oxygen atoms in total. The predicted octanol–water partition coefficient (Wildman–Crippen LogP) is 15.1. The van der Waals surface area contributed by atoms with Gasteiger partial charge in [0.05, 0.1) is 0 Å². The zero-order chi connectivity index (χ0) is 41.4. The molecule has 1 heterocycles. The van der Waals surface area contributed by atoms with E-state index < -0.39 is 0 Å². The maximum Gasteiger partial charge on any atom is 0.0492 e. The normalized spacial score (nSPS) is 13.7. The molecule has 13 rings (SSSR count). The van der Waals surface area contributed by atoms with Crippen molar-refractivity contribution in [1.82, 2.24) is 4.57 Å². The summed E-state index contributed by atoms with van der Waals surface area (Å²) in [6, 6.07) is 78.7. The summed E-state index contributed by atoms with van der Waals surface area (Å²) >= 11 is 0. The van der Waals surface area contributed by atoms with Gasteiger partial charge in [0.2, 0.25) is 0 Å². The van der Waals surface area contributed by atoms with Crippen molar-refractivity contribution >= 4 is 76.8 Å². The lowest BCUT2D eigenvalue weighted by molar-refractivity contribution is 0.911. The summed E-state index contributed by atoms with van der Waals surface area (Å²) in [5.74, 6) is 0.239. The maximum atomic E-state index is 2.56. The maximum absolute atomic E-state index is 2.56. The number of fused-ring (bicyclic) bond motifs is 9. The molecule has 1 heteroatoms. The molecule has 0 spiro atoms. The fourth-order valence-electron chi connectivity index (χ4n) is 10.8. The molecule has 0 aliphatic heterocycles. The van der Waals surface area contributed by atoms with Crippen molar-refractivity contribution in [3.8, 4) is 39.1 Å². The molecule has 1 atom stereocenters. The molecule has 63 heavy (non-hydrogen) atoms. The lowest BCUT2D eigenvalue weighted by Gasteiger charge is -2.18. The molecular weight excluding hydrogens is 759 g/mol. The van der Waals surface area contributed by atoms with Gasteiger partial charge in [-0.2, -0.15) is 0 Å². The van der Waals surface area contributed by atoms with E-state index in [1.165, 1.54) is 114 Å². The molecule has 1 unspecified atom stereocenters. The Hall–Kier alpha value is -8.00. The van der Waals surface area contributed by atoms with E-state index in [4.69, 9.17) is 0 Å². The zero-order valence-electron chi connectivity index (χ0n) is 34.7. The van der Waals surface area contributed by atoms with E-state index >= 15 is 0 Å². The monoisotopic (exact) mass is 799 g/mol. The summed E-state index contributed by atoms with van der Waals surface area (Å²) in [4.78, 5) is 0. The zero-order valence-corrected chi connectivity index (χ0v) is 34.7. The Bertz CT molecular complexity index is 3810. The molecule has 1 aliphatic rings. The summed E-state index contributed by atoms with van der Waals surface area (Å²) in [7, 11) is 0. The van der Waals surface area contributed by atoms with Crippen LogP contribution in [0.3, 0.4) is 0 Å². The number of hydrogen-bond donors (Lipinski definition) is 0. The molecule has 0 amide bonds. The molecule has 11 aromatic carbocycles. The van der Waals surface area contributed by atoms with E-state index in [1.54, 1.807) is 0 Å². The number of hydrogen-bond acceptors (Lipinski definition) is 0. The Morgan fingerprint density at radius 3 is 1.44 bits per heavy atom. The number of nitrogens with zero attached hydrogens (tertiary/aromatic N) is 1. The predicted molar refractivity (Wildman–Crippen MR) is 269 cm³/mol. The van der Waals surface area contributed by atoms with Crippen molar-refractivity contribution in [3.05, 3.63) is 235 Å². The van der Waals surface area contributed by atoms with Crippen LogP contribution in [0, 0.1) is 0 Å². The average molecular weight is 800 g/mol. The standard InChI is InChI=1S/C62H41N/c1-5-21-48-40(15-1)19-13-29-50(48)44-31-32-62-60(38-44)61(55-30-14-20-41-16-2-6-22-49(41)55)39-63(62)47-34-45(58-36-42-17-3-7-23-51(42)53-25-9-11-27-56(53)58)33-46(35-47)59-37-43-18-4-8-24-52(43)54-26-10-12-28-57(54)59/h1-30,32-39,44H,31H2. The highest BCUT2D eigenvalue weighted by atomic mass is 15.0. The highest BCUT2D eigenvalue weighted by molar-refractivity contribution is 6.16. The van der Waals surface area contributed by atoms with Crippen LogP contribution in [0.2, 0.25) is 0 Å². The fraction of sp³-hybridized carbons (Fsp3) is 0.0323. The van der Waals surface area contributed by atoms with Crippen LogP contribution in [0.15, 0.2) is 219 Å². The fourth-order valence-corrected chi connectivity index (χ4v) is 10.8. The number of aromatic nitrogens is 1. The van der Waals surface area contributed by atoms with Gasteiger partial charge < -0.3 is 4.57 Å². The average Bonchev–Trinajstić information content (AvgIpc) is 3.74. The lowest BCUT2D eigenvalue weighted by Crippen LogP contribution is -2.32. The molecule has 294 valence electrons. The molecule has 0 radical (unpaired) electrons. The molecular formula is C62H41N. The van der Waals surface area contributed by atoms with Gasteiger partial charge in [0, 0.05) is 33.9 Å². The third-order valence-electron chi connectivity index (χ3n) is 13.7. The van der Waals surface area contributed by atoms with E-state index in [9.17, 15) is 0 Å². The van der Waals surface area contributed by atoms with Gasteiger partial charge in [-0.15, -0.1) is 0 Å². The summed E-state index contributed by atoms with van der Waals surface area (Å²) in [5, 5.41) is 17.7. The van der Waals surface area contributed by atoms with E-state index in [-0.39, 0.29) is 5.92 Å². The van der Waals surface area contributed by atoms with E-state index in [2.05, 4.69) is 235 Å². The second-order valence-corrected chi connectivity index (χ2v) is 17.2. The number of benzene rings is 11. The molecule has 1 aliphatic carbocycles. The van der Waals surface area contributed by atoms with Crippen LogP contribution in [-0.2, 0) is 0 Å². The molecule has 1 aromatic heterocycles. The van der Waals surface area contributed by atoms with Crippen LogP contribution in [0.4, 0.5) is 0 Å². The van der Waals surface area contributed by atoms with Gasteiger partial charge in [-0.25, -0.2) is 0 Å². The molecule has 12 aromatic rings. The minimum absolute atomic E-state index is 0.239. The molecule has 0 saturated heterocycles. The van der Waals surface area contributed by atoms with Crippen molar-refractivity contribution in [2.75, 3.05) is 0 Å². The largest absolute Gasteiger partial charge is 0.316 e. The van der Waals surface area contributed by atoms with Gasteiger partial charge in [-0.1, -0.05) is 194 Å². The lowest BCUT2D eigenvalue weighted by atomic mass is 9.87. The van der Waals surface area contributed by atoms with Crippen molar-refractivity contribution in [3.63, 3.8) is 0 Å². The van der Waals surface area contributed by atoms with Crippen LogP contribution in [0.5, 0.6) is 0 Å². The second-order valence-electron chi connectivity index (χ2n) is 17.2. The van der Waals surface area contributed by atoms with Gasteiger partial charge in [0.1, 0.15) is 0 Å². The topological polar surface area (TPSA) is 4.93 Å². The van der Waals surface area contributed by atoms with Crippen molar-refractivity contribution in [1.29, 1.82) is 0 Å². The van der Waals surface area contributed by atoms with E-state index in [1.807, 2.05) is 0 Å². The van der Waals surface area contributed by atoms with Crippen molar-refractivity contribution in [2.24, 2.45) is 0 Å². The number of rotatable bonds is 5. The molecule has 0 saturated carbocycles. The van der Waals surface area contributed by atoms with Crippen molar-refractivity contribution < 1.29 is 0 Å². The quantitative estimate of drug-likeness (QED) is 0.153. The van der Waals surface area contributed by atoms with Crippen molar-refractivity contribution in [2.45, 2.75) is 12.3 Å². The van der Waals surface area contributed by atoms with Crippen LogP contribution in [0.1, 0.15) is 17.9 Å². The SMILES string of the molecule is C1=c2c(-c3cccc4ccccc34)cn(-c3cc(-c4cc5ccccc5c5ccccc45)cc(-c4cc5ccccc5c5ccccc45)c3)c2=CCC1c1cccc2ccccc12. The Morgan fingerprint density at radius 2 is 0.825 bits per heavy atom. The third kappa shape index (κ3) is 5.78. The second kappa shape index (κ2) is 14.3. The van der Waals surface area contributed by atoms with Crippen LogP contribution in [0.25, 0.3) is 116 Å². The van der Waals surface area contributed by atoms with Crippen LogP contribution >= 0.6 is 0 Å². The van der Waals surface area contributed by atoms with Gasteiger partial charge in [0.25, 0.3) is 0 Å². The van der Waals surface area contributed by atoms with Crippen LogP contribution in [-0.4, -0.2) is 4.57 Å². The van der Waals surface area contributed by atoms with Gasteiger partial charge in [-0.3, -0.25) is 0 Å². The summed E-state index contributed by atoms with van der Waals surface area (Å²) < 4.78 is 2.49. The summed E-state index contributed by atoms with van der Waals surface area (Å²) in [5.41, 5.74) is 9.90. The summed E-state index contributed by atoms with van der Waals surface area (Å²) in [6.45, 7) is 0. The minimum atomic E-state index is 0.239. The first-order chi connectivity index (χ1) is 31.2. The third-order valence-corrected chi connectivity index (χ3v) is 13.7. The molecule has 0 bridgehead atoms. The Kier molecular flexibility index (Phi) is 8.11. The molecule has 0 fully saturated rings. The first-order valence-corrected chi connectivity index (χ1v) is 22.1. The summed E-state index contributed by atoms with van der Waals surface area (Å²) in [6.07, 6.45) is 8.39. The van der Waals surface area contributed by atoms with Gasteiger partial charge >= 0.3 is 0 Å². The first-order valence-electron chi connectivity index (χ1n) is 22.1. The van der Waals surface area contributed by atoms with Crippen LogP contribution < -0.4 is 10.6 Å². The van der Waals surface area contributed by atoms with Gasteiger partial charge in [-0.05, 0) is 135 Å². The Labute approximate surface area is 365 Å². The Balaban J connectivity index is 1.12. The highest BCUT2D eigenvalue weighted by Gasteiger charge is 2.21. The van der Waals surface area contributed by atoms with E-state index in [0.29, 0.717) is 0 Å². The van der Waals surface area contributed by atoms with Gasteiger partial charge in [0.15, 0.2) is 0 Å².